The summed E-state index contributed by atoms with van der Waals surface area (Å²) in [4.78, 5) is 27.7. The van der Waals surface area contributed by atoms with Gasteiger partial charge >= 0.3 is 5.97 Å². The lowest BCUT2D eigenvalue weighted by Gasteiger charge is -2.26. The molecule has 3 aromatic rings. The first-order valence-corrected chi connectivity index (χ1v) is 10.7. The lowest BCUT2D eigenvalue weighted by molar-refractivity contribution is 0.0600. The molecule has 0 saturated carbocycles. The summed E-state index contributed by atoms with van der Waals surface area (Å²) in [7, 11) is 1.31. The summed E-state index contributed by atoms with van der Waals surface area (Å²) in [6.45, 7) is 2.48. The fourth-order valence-corrected chi connectivity index (χ4v) is 4.93. The number of methoxy groups -OCH3 is 1. The molecule has 156 valence electrons. The Hall–Kier alpha value is -3.47. The number of amides is 1. The summed E-state index contributed by atoms with van der Waals surface area (Å²) in [5, 5.41) is 13.2. The van der Waals surface area contributed by atoms with Gasteiger partial charge in [0.15, 0.2) is 0 Å². The second-order valence-corrected chi connectivity index (χ2v) is 8.39. The van der Waals surface area contributed by atoms with Gasteiger partial charge in [-0.2, -0.15) is 5.26 Å². The molecule has 7 heteroatoms. The highest BCUT2D eigenvalue weighted by Crippen LogP contribution is 2.37. The van der Waals surface area contributed by atoms with Gasteiger partial charge in [-0.05, 0) is 41.8 Å². The summed E-state index contributed by atoms with van der Waals surface area (Å²) >= 11 is 1.47. The van der Waals surface area contributed by atoms with Crippen LogP contribution in [0.2, 0.25) is 0 Å². The van der Waals surface area contributed by atoms with Gasteiger partial charge in [0, 0.05) is 30.1 Å². The second kappa shape index (κ2) is 9.13. The number of carbonyl (C=O) groups is 2. The topological polar surface area (TPSA) is 82.4 Å². The van der Waals surface area contributed by atoms with Gasteiger partial charge in [-0.3, -0.25) is 9.69 Å². The average Bonchev–Trinajstić information content (AvgIpc) is 3.15. The first-order chi connectivity index (χ1) is 15.1. The minimum Gasteiger partial charge on any atom is -0.465 e. The number of hydrogen-bond donors (Lipinski definition) is 1. The van der Waals surface area contributed by atoms with E-state index in [4.69, 9.17) is 0 Å². The van der Waals surface area contributed by atoms with E-state index < -0.39 is 5.97 Å². The van der Waals surface area contributed by atoms with Crippen LogP contribution in [0.1, 0.15) is 42.3 Å². The largest absolute Gasteiger partial charge is 0.465 e. The monoisotopic (exact) mass is 431 g/mol. The summed E-state index contributed by atoms with van der Waals surface area (Å²) in [5.41, 5.74) is 3.63. The molecular formula is C24H21N3O3S. The van der Waals surface area contributed by atoms with Crippen LogP contribution >= 0.6 is 11.3 Å². The molecule has 2 aromatic carbocycles. The summed E-state index contributed by atoms with van der Waals surface area (Å²) in [6.07, 6.45) is 0.783. The zero-order valence-corrected chi connectivity index (χ0v) is 17.9. The highest BCUT2D eigenvalue weighted by atomic mass is 32.1. The van der Waals surface area contributed by atoms with Crippen LogP contribution in [0.25, 0.3) is 0 Å². The highest BCUT2D eigenvalue weighted by molar-refractivity contribution is 7.16. The number of nitrogens with one attached hydrogen (secondary N) is 1. The molecule has 1 aromatic heterocycles. The molecule has 0 saturated heterocycles. The molecule has 0 atom stereocenters. The van der Waals surface area contributed by atoms with E-state index in [1.165, 1.54) is 24.0 Å². The first kappa shape index (κ1) is 20.8. The summed E-state index contributed by atoms with van der Waals surface area (Å²) in [6, 6.07) is 18.8. The number of nitriles is 1. The quantitative estimate of drug-likeness (QED) is 0.612. The fraction of sp³-hybridized carbons (Fsp3) is 0.208. The molecule has 0 radical (unpaired) electrons. The molecule has 4 rings (SSSR count). The van der Waals surface area contributed by atoms with E-state index in [0.717, 1.165) is 36.5 Å². The number of ether oxygens (including phenoxy) is 1. The molecule has 0 aliphatic carbocycles. The molecule has 1 aliphatic rings. The highest BCUT2D eigenvalue weighted by Gasteiger charge is 2.25. The van der Waals surface area contributed by atoms with E-state index in [-0.39, 0.29) is 5.91 Å². The van der Waals surface area contributed by atoms with Crippen molar-refractivity contribution in [2.24, 2.45) is 0 Å². The Bertz CT molecular complexity index is 1150. The fourth-order valence-electron chi connectivity index (χ4n) is 3.69. The minimum absolute atomic E-state index is 0.312. The van der Waals surface area contributed by atoms with E-state index in [1.54, 1.807) is 24.3 Å². The molecule has 1 N–H and O–H groups in total. The SMILES string of the molecule is COC(=O)c1ccc(C(=O)Nc2sc3c(c2C#N)CCN(Cc2ccccc2)C3)cc1. The predicted molar refractivity (Wildman–Crippen MR) is 119 cm³/mol. The summed E-state index contributed by atoms with van der Waals surface area (Å²) < 4.78 is 4.68. The Morgan fingerprint density at radius 2 is 1.84 bits per heavy atom. The number of rotatable bonds is 5. The number of fused-ring (bicyclic) bond motifs is 1. The molecule has 1 aliphatic heterocycles. The van der Waals surface area contributed by atoms with E-state index in [2.05, 4.69) is 33.2 Å². The van der Waals surface area contributed by atoms with Crippen molar-refractivity contribution in [3.05, 3.63) is 87.3 Å². The van der Waals surface area contributed by atoms with Crippen LogP contribution in [0.4, 0.5) is 5.00 Å². The molecular weight excluding hydrogens is 410 g/mol. The van der Waals surface area contributed by atoms with Gasteiger partial charge in [0.25, 0.3) is 5.91 Å². The average molecular weight is 432 g/mol. The number of carbonyl (C=O) groups excluding carboxylic acids is 2. The first-order valence-electron chi connectivity index (χ1n) is 9.89. The maximum Gasteiger partial charge on any atom is 0.337 e. The Balaban J connectivity index is 1.49. The van der Waals surface area contributed by atoms with Crippen molar-refractivity contribution in [3.8, 4) is 6.07 Å². The van der Waals surface area contributed by atoms with Crippen LogP contribution in [0.15, 0.2) is 54.6 Å². The Morgan fingerprint density at radius 1 is 1.13 bits per heavy atom. The van der Waals surface area contributed by atoms with Gasteiger partial charge in [-0.1, -0.05) is 30.3 Å². The van der Waals surface area contributed by atoms with Crippen molar-refractivity contribution in [1.29, 1.82) is 5.26 Å². The molecule has 0 fully saturated rings. The van der Waals surface area contributed by atoms with Gasteiger partial charge in [-0.15, -0.1) is 11.3 Å². The normalized spacial score (nSPS) is 13.2. The van der Waals surface area contributed by atoms with Gasteiger partial charge in [0.05, 0.1) is 18.2 Å². The van der Waals surface area contributed by atoms with Crippen LogP contribution in [0.3, 0.4) is 0 Å². The number of thiophene rings is 1. The molecule has 0 spiro atoms. The van der Waals surface area contributed by atoms with Gasteiger partial charge in [0.2, 0.25) is 0 Å². The number of esters is 1. The third kappa shape index (κ3) is 4.50. The van der Waals surface area contributed by atoms with Crippen LogP contribution in [-0.4, -0.2) is 30.4 Å². The van der Waals surface area contributed by atoms with Crippen molar-refractivity contribution in [3.63, 3.8) is 0 Å². The Morgan fingerprint density at radius 3 is 2.52 bits per heavy atom. The third-order valence-corrected chi connectivity index (χ3v) is 6.42. The van der Waals surface area contributed by atoms with Gasteiger partial charge in [-0.25, -0.2) is 4.79 Å². The van der Waals surface area contributed by atoms with Crippen molar-refractivity contribution >= 4 is 28.2 Å². The second-order valence-electron chi connectivity index (χ2n) is 7.29. The van der Waals surface area contributed by atoms with Crippen LogP contribution in [-0.2, 0) is 24.2 Å². The molecule has 1 amide bonds. The van der Waals surface area contributed by atoms with Gasteiger partial charge in [0.1, 0.15) is 11.1 Å². The van der Waals surface area contributed by atoms with Crippen molar-refractivity contribution in [2.75, 3.05) is 19.0 Å². The standard InChI is InChI=1S/C24H21N3O3S/c1-30-24(29)18-9-7-17(8-10-18)22(28)26-23-20(13-25)19-11-12-27(15-21(19)31-23)14-16-5-3-2-4-6-16/h2-10H,11-12,14-15H2,1H3,(H,26,28). The lowest BCUT2D eigenvalue weighted by atomic mass is 10.0. The smallest absolute Gasteiger partial charge is 0.337 e. The number of nitrogens with zero attached hydrogens (tertiary/aromatic N) is 2. The van der Waals surface area contributed by atoms with Gasteiger partial charge < -0.3 is 10.1 Å². The number of hydrogen-bond acceptors (Lipinski definition) is 6. The summed E-state index contributed by atoms with van der Waals surface area (Å²) in [5.74, 6) is -0.766. The number of benzene rings is 2. The van der Waals surface area contributed by atoms with Crippen LogP contribution in [0, 0.1) is 11.3 Å². The zero-order valence-electron chi connectivity index (χ0n) is 17.1. The van der Waals surface area contributed by atoms with Crippen molar-refractivity contribution in [2.45, 2.75) is 19.5 Å². The van der Waals surface area contributed by atoms with E-state index in [1.807, 2.05) is 18.2 Å². The number of anilines is 1. The lowest BCUT2D eigenvalue weighted by Crippen LogP contribution is -2.29. The third-order valence-electron chi connectivity index (χ3n) is 5.29. The van der Waals surface area contributed by atoms with E-state index >= 15 is 0 Å². The molecule has 0 unspecified atom stereocenters. The molecule has 31 heavy (non-hydrogen) atoms. The van der Waals surface area contributed by atoms with Crippen LogP contribution in [0.5, 0.6) is 0 Å². The molecule has 0 bridgehead atoms. The van der Waals surface area contributed by atoms with Crippen molar-refractivity contribution < 1.29 is 14.3 Å². The minimum atomic E-state index is -0.454. The molecule has 2 heterocycles. The Kier molecular flexibility index (Phi) is 6.12. The van der Waals surface area contributed by atoms with Crippen LogP contribution < -0.4 is 5.32 Å². The van der Waals surface area contributed by atoms with E-state index in [9.17, 15) is 14.9 Å². The maximum atomic E-state index is 12.7. The maximum absolute atomic E-state index is 12.7. The predicted octanol–water partition coefficient (Wildman–Crippen LogP) is 4.22. The Labute approximate surface area is 184 Å². The van der Waals surface area contributed by atoms with E-state index in [0.29, 0.717) is 21.7 Å². The molecule has 6 nitrogen and oxygen atoms in total. The zero-order chi connectivity index (χ0) is 21.8. The van der Waals surface area contributed by atoms with Crippen molar-refractivity contribution in [1.82, 2.24) is 4.90 Å².